The lowest BCUT2D eigenvalue weighted by molar-refractivity contribution is 0.102. The van der Waals surface area contributed by atoms with E-state index in [2.05, 4.69) is 31.0 Å². The van der Waals surface area contributed by atoms with Gasteiger partial charge < -0.3 is 16.0 Å². The van der Waals surface area contributed by atoms with Crippen LogP contribution in [0.2, 0.25) is 0 Å². The van der Waals surface area contributed by atoms with Gasteiger partial charge in [-0.3, -0.25) is 4.79 Å². The minimum absolute atomic E-state index is 0.100. The number of nitrogens with one attached hydrogen (secondary N) is 1. The summed E-state index contributed by atoms with van der Waals surface area (Å²) in [5.41, 5.74) is 10.4. The number of anilines is 3. The fourth-order valence-electron chi connectivity index (χ4n) is 3.57. The summed E-state index contributed by atoms with van der Waals surface area (Å²) in [6.07, 6.45) is 3.61. The number of nitrogen functional groups attached to an aromatic ring is 1. The number of carbonyl (C=O) groups is 1. The number of piperidine rings is 1. The molecule has 1 amide bonds. The minimum Gasteiger partial charge on any atom is -0.399 e. The average Bonchev–Trinajstić information content (AvgIpc) is 2.63. The van der Waals surface area contributed by atoms with Crippen molar-refractivity contribution in [3.8, 4) is 0 Å². The van der Waals surface area contributed by atoms with Crippen LogP contribution in [0.25, 0.3) is 0 Å². The van der Waals surface area contributed by atoms with Crippen LogP contribution in [0.3, 0.4) is 0 Å². The second-order valence-corrected chi connectivity index (χ2v) is 7.55. The number of benzene rings is 2. The standard InChI is InChI=1S/C22H29N3O/c1-15(2)17-7-9-18(10-8-17)22(26)24-20-14-19(23)11-12-21(20)25-13-5-4-6-16(25)3/h7-12,14-16H,4-6,13,23H2,1-3H3,(H,24,26)/t16-/m0/s1. The molecule has 2 aromatic carbocycles. The van der Waals surface area contributed by atoms with Crippen molar-refractivity contribution in [3.05, 3.63) is 53.6 Å². The molecule has 1 heterocycles. The molecule has 0 unspecified atom stereocenters. The first-order valence-corrected chi connectivity index (χ1v) is 9.53. The Morgan fingerprint density at radius 1 is 1.15 bits per heavy atom. The van der Waals surface area contributed by atoms with Gasteiger partial charge in [0.15, 0.2) is 0 Å². The van der Waals surface area contributed by atoms with Gasteiger partial charge in [-0.15, -0.1) is 0 Å². The molecule has 1 fully saturated rings. The normalized spacial score (nSPS) is 17.4. The number of nitrogens with zero attached hydrogens (tertiary/aromatic N) is 1. The molecule has 0 aromatic heterocycles. The summed E-state index contributed by atoms with van der Waals surface area (Å²) in [4.78, 5) is 15.1. The first-order chi connectivity index (χ1) is 12.5. The van der Waals surface area contributed by atoms with Crippen LogP contribution < -0.4 is 16.0 Å². The lowest BCUT2D eigenvalue weighted by atomic mass is 10.0. The van der Waals surface area contributed by atoms with E-state index in [1.54, 1.807) is 0 Å². The van der Waals surface area contributed by atoms with E-state index in [4.69, 9.17) is 5.73 Å². The van der Waals surface area contributed by atoms with E-state index in [0.29, 0.717) is 23.2 Å². The van der Waals surface area contributed by atoms with Crippen LogP contribution in [0, 0.1) is 0 Å². The molecule has 3 N–H and O–H groups in total. The summed E-state index contributed by atoms with van der Waals surface area (Å²) in [6.45, 7) is 7.55. The third-order valence-corrected chi connectivity index (χ3v) is 5.22. The molecule has 3 rings (SSSR count). The highest BCUT2D eigenvalue weighted by Crippen LogP contribution is 2.33. The van der Waals surface area contributed by atoms with Gasteiger partial charge in [-0.1, -0.05) is 26.0 Å². The fourth-order valence-corrected chi connectivity index (χ4v) is 3.57. The smallest absolute Gasteiger partial charge is 0.255 e. The maximum atomic E-state index is 12.8. The molecule has 1 atom stereocenters. The van der Waals surface area contributed by atoms with Crippen LogP contribution in [-0.4, -0.2) is 18.5 Å². The second kappa shape index (κ2) is 7.81. The van der Waals surface area contributed by atoms with Crippen LogP contribution >= 0.6 is 0 Å². The van der Waals surface area contributed by atoms with Gasteiger partial charge in [0.1, 0.15) is 0 Å². The number of carbonyl (C=O) groups excluding carboxylic acids is 1. The Hall–Kier alpha value is -2.49. The largest absolute Gasteiger partial charge is 0.399 e. The maximum Gasteiger partial charge on any atom is 0.255 e. The van der Waals surface area contributed by atoms with Crippen molar-refractivity contribution >= 4 is 23.0 Å². The Morgan fingerprint density at radius 2 is 1.88 bits per heavy atom. The predicted octanol–water partition coefficient (Wildman–Crippen LogP) is 5.02. The molecule has 1 aliphatic rings. The lowest BCUT2D eigenvalue weighted by Crippen LogP contribution is -2.38. The number of hydrogen-bond acceptors (Lipinski definition) is 3. The first kappa shape index (κ1) is 18.3. The number of nitrogens with two attached hydrogens (primary N) is 1. The van der Waals surface area contributed by atoms with Crippen molar-refractivity contribution in [2.75, 3.05) is 22.5 Å². The molecule has 2 aromatic rings. The van der Waals surface area contributed by atoms with Crippen LogP contribution in [0.1, 0.15) is 61.9 Å². The van der Waals surface area contributed by atoms with Gasteiger partial charge in [-0.25, -0.2) is 0 Å². The van der Waals surface area contributed by atoms with Gasteiger partial charge in [-0.2, -0.15) is 0 Å². The Morgan fingerprint density at radius 3 is 2.54 bits per heavy atom. The molecule has 1 aliphatic heterocycles. The summed E-state index contributed by atoms with van der Waals surface area (Å²) >= 11 is 0. The first-order valence-electron chi connectivity index (χ1n) is 9.53. The van der Waals surface area contributed by atoms with Crippen molar-refractivity contribution in [2.24, 2.45) is 0 Å². The van der Waals surface area contributed by atoms with Crippen molar-refractivity contribution < 1.29 is 4.79 Å². The van der Waals surface area contributed by atoms with Gasteiger partial charge in [0.25, 0.3) is 5.91 Å². The Bertz CT molecular complexity index is 767. The quantitative estimate of drug-likeness (QED) is 0.760. The van der Waals surface area contributed by atoms with Gasteiger partial charge in [0.2, 0.25) is 0 Å². The van der Waals surface area contributed by atoms with E-state index in [-0.39, 0.29) is 5.91 Å². The third kappa shape index (κ3) is 4.01. The third-order valence-electron chi connectivity index (χ3n) is 5.22. The summed E-state index contributed by atoms with van der Waals surface area (Å²) in [5, 5.41) is 3.07. The Balaban J connectivity index is 1.84. The number of hydrogen-bond donors (Lipinski definition) is 2. The van der Waals surface area contributed by atoms with Gasteiger partial charge in [0.05, 0.1) is 11.4 Å². The van der Waals surface area contributed by atoms with E-state index < -0.39 is 0 Å². The summed E-state index contributed by atoms with van der Waals surface area (Å²) in [7, 11) is 0. The van der Waals surface area contributed by atoms with Gasteiger partial charge in [0, 0.05) is 23.8 Å². The summed E-state index contributed by atoms with van der Waals surface area (Å²) in [6, 6.07) is 14.1. The maximum absolute atomic E-state index is 12.8. The molecule has 0 bridgehead atoms. The molecular formula is C22H29N3O. The Labute approximate surface area is 156 Å². The van der Waals surface area contributed by atoms with Crippen molar-refractivity contribution in [1.29, 1.82) is 0 Å². The topological polar surface area (TPSA) is 58.4 Å². The fraction of sp³-hybridized carbons (Fsp3) is 0.409. The van der Waals surface area contributed by atoms with Crippen molar-refractivity contribution in [1.82, 2.24) is 0 Å². The van der Waals surface area contributed by atoms with Crippen LogP contribution in [0.4, 0.5) is 17.1 Å². The minimum atomic E-state index is -0.100. The van der Waals surface area contributed by atoms with Crippen LogP contribution in [0.5, 0.6) is 0 Å². The molecule has 26 heavy (non-hydrogen) atoms. The summed E-state index contributed by atoms with van der Waals surface area (Å²) < 4.78 is 0. The van der Waals surface area contributed by atoms with E-state index in [9.17, 15) is 4.79 Å². The molecule has 4 nitrogen and oxygen atoms in total. The molecular weight excluding hydrogens is 322 g/mol. The average molecular weight is 351 g/mol. The lowest BCUT2D eigenvalue weighted by Gasteiger charge is -2.36. The van der Waals surface area contributed by atoms with Crippen LogP contribution in [0.15, 0.2) is 42.5 Å². The van der Waals surface area contributed by atoms with Gasteiger partial charge >= 0.3 is 0 Å². The predicted molar refractivity (Wildman–Crippen MR) is 110 cm³/mol. The molecule has 0 aliphatic carbocycles. The van der Waals surface area contributed by atoms with E-state index in [1.165, 1.54) is 24.8 Å². The molecule has 0 spiro atoms. The SMILES string of the molecule is CC(C)c1ccc(C(=O)Nc2cc(N)ccc2N2CCCC[C@@H]2C)cc1. The number of rotatable bonds is 4. The highest BCUT2D eigenvalue weighted by molar-refractivity contribution is 6.06. The zero-order chi connectivity index (χ0) is 18.7. The molecule has 0 radical (unpaired) electrons. The van der Waals surface area contributed by atoms with E-state index >= 15 is 0 Å². The molecule has 4 heteroatoms. The van der Waals surface area contributed by atoms with Gasteiger partial charge in [-0.05, 0) is 68.0 Å². The van der Waals surface area contributed by atoms with Crippen molar-refractivity contribution in [3.63, 3.8) is 0 Å². The number of amides is 1. The second-order valence-electron chi connectivity index (χ2n) is 7.55. The zero-order valence-electron chi connectivity index (χ0n) is 16.0. The Kier molecular flexibility index (Phi) is 5.50. The molecule has 1 saturated heterocycles. The van der Waals surface area contributed by atoms with E-state index in [1.807, 2.05) is 42.5 Å². The van der Waals surface area contributed by atoms with E-state index in [0.717, 1.165) is 17.9 Å². The monoisotopic (exact) mass is 351 g/mol. The summed E-state index contributed by atoms with van der Waals surface area (Å²) in [5.74, 6) is 0.352. The highest BCUT2D eigenvalue weighted by atomic mass is 16.1. The van der Waals surface area contributed by atoms with Crippen LogP contribution in [-0.2, 0) is 0 Å². The van der Waals surface area contributed by atoms with Crippen molar-refractivity contribution in [2.45, 2.75) is 52.0 Å². The highest BCUT2D eigenvalue weighted by Gasteiger charge is 2.22. The molecule has 0 saturated carbocycles. The molecule has 138 valence electrons. The zero-order valence-corrected chi connectivity index (χ0v) is 16.0.